The van der Waals surface area contributed by atoms with E-state index in [0.29, 0.717) is 16.5 Å². The molecule has 2 heterocycles. The Hall–Kier alpha value is -3.44. The van der Waals surface area contributed by atoms with Crippen LogP contribution in [0.5, 0.6) is 0 Å². The number of anilines is 1. The second-order valence-corrected chi connectivity index (χ2v) is 7.86. The molecule has 32 heavy (non-hydrogen) atoms. The van der Waals surface area contributed by atoms with E-state index < -0.39 is 23.4 Å². The molecule has 0 saturated carbocycles. The maximum Gasteiger partial charge on any atom is 0.341 e. The first kappa shape index (κ1) is 23.2. The monoisotopic (exact) mass is 476 g/mol. The van der Waals surface area contributed by atoms with Gasteiger partial charge in [0.15, 0.2) is 6.61 Å². The van der Waals surface area contributed by atoms with Crippen LogP contribution in [-0.2, 0) is 15.3 Å². The quantitative estimate of drug-likeness (QED) is 0.218. The summed E-state index contributed by atoms with van der Waals surface area (Å²) < 4.78 is 10.2. The molecule has 12 heteroatoms. The van der Waals surface area contributed by atoms with Gasteiger partial charge in [-0.3, -0.25) is 14.9 Å². The van der Waals surface area contributed by atoms with Crippen molar-refractivity contribution >= 4 is 46.6 Å². The Morgan fingerprint density at radius 1 is 1.31 bits per heavy atom. The number of aromatic nitrogens is 2. The van der Waals surface area contributed by atoms with Gasteiger partial charge in [-0.1, -0.05) is 16.8 Å². The lowest BCUT2D eigenvalue weighted by Crippen LogP contribution is -2.21. The molecule has 1 aromatic carbocycles. The molecule has 3 aromatic rings. The van der Waals surface area contributed by atoms with E-state index in [-0.39, 0.29) is 22.0 Å². The first-order chi connectivity index (χ1) is 15.3. The predicted molar refractivity (Wildman–Crippen MR) is 117 cm³/mol. The van der Waals surface area contributed by atoms with Gasteiger partial charge < -0.3 is 14.6 Å². The number of carbonyl (C=O) groups excluding carboxylic acids is 2. The third kappa shape index (κ3) is 5.62. The van der Waals surface area contributed by atoms with Crippen LogP contribution < -0.4 is 5.32 Å². The highest BCUT2D eigenvalue weighted by Crippen LogP contribution is 2.28. The third-order valence-electron chi connectivity index (χ3n) is 4.29. The standard InChI is InChI=1S/C20H17ClN4O6S/c1-11-15(12(2)31-24-11)10-32-19-14(4-3-7-22-19)20(27)30-9-18(26)23-17-8-13(25(28)29)5-6-16(17)21/h3-8H,9-10H2,1-2H3,(H,23,26). The van der Waals surface area contributed by atoms with Gasteiger partial charge in [0.2, 0.25) is 0 Å². The highest BCUT2D eigenvalue weighted by atomic mass is 35.5. The normalized spacial score (nSPS) is 10.6. The van der Waals surface area contributed by atoms with E-state index in [1.165, 1.54) is 23.9 Å². The van der Waals surface area contributed by atoms with Gasteiger partial charge in [-0.05, 0) is 32.0 Å². The fourth-order valence-corrected chi connectivity index (χ4v) is 3.93. The van der Waals surface area contributed by atoms with E-state index in [4.69, 9.17) is 20.9 Å². The van der Waals surface area contributed by atoms with E-state index in [0.717, 1.165) is 17.3 Å². The Bertz CT molecular complexity index is 1160. The number of amides is 1. The number of non-ortho nitro benzene ring substituents is 1. The van der Waals surface area contributed by atoms with Crippen molar-refractivity contribution in [1.82, 2.24) is 10.1 Å². The number of thioether (sulfide) groups is 1. The molecule has 0 atom stereocenters. The summed E-state index contributed by atoms with van der Waals surface area (Å²) in [7, 11) is 0. The van der Waals surface area contributed by atoms with Crippen LogP contribution in [0, 0.1) is 24.0 Å². The van der Waals surface area contributed by atoms with E-state index in [2.05, 4.69) is 15.5 Å². The molecule has 0 aliphatic heterocycles. The molecule has 166 valence electrons. The van der Waals surface area contributed by atoms with Crippen LogP contribution in [0.1, 0.15) is 27.4 Å². The number of nitro benzene ring substituents is 1. The lowest BCUT2D eigenvalue weighted by molar-refractivity contribution is -0.384. The van der Waals surface area contributed by atoms with Crippen LogP contribution in [0.15, 0.2) is 46.1 Å². The van der Waals surface area contributed by atoms with Crippen LogP contribution in [0.2, 0.25) is 5.02 Å². The summed E-state index contributed by atoms with van der Waals surface area (Å²) in [5, 5.41) is 17.7. The molecule has 1 N–H and O–H groups in total. The maximum atomic E-state index is 12.5. The summed E-state index contributed by atoms with van der Waals surface area (Å²) >= 11 is 7.27. The van der Waals surface area contributed by atoms with Crippen molar-refractivity contribution in [2.24, 2.45) is 0 Å². The molecule has 0 spiro atoms. The average Bonchev–Trinajstić information content (AvgIpc) is 3.09. The van der Waals surface area contributed by atoms with Crippen LogP contribution >= 0.6 is 23.4 Å². The van der Waals surface area contributed by atoms with Gasteiger partial charge in [0.05, 0.1) is 26.9 Å². The topological polar surface area (TPSA) is 137 Å². The van der Waals surface area contributed by atoms with Gasteiger partial charge in [-0.25, -0.2) is 9.78 Å². The molecule has 0 unspecified atom stereocenters. The number of benzene rings is 1. The summed E-state index contributed by atoms with van der Waals surface area (Å²) in [5.41, 5.74) is 1.67. The first-order valence-electron chi connectivity index (χ1n) is 9.16. The Kier molecular flexibility index (Phi) is 7.44. The fourth-order valence-electron chi connectivity index (χ4n) is 2.63. The highest BCUT2D eigenvalue weighted by Gasteiger charge is 2.18. The van der Waals surface area contributed by atoms with Gasteiger partial charge in [-0.15, -0.1) is 11.8 Å². The van der Waals surface area contributed by atoms with Crippen molar-refractivity contribution in [2.45, 2.75) is 24.6 Å². The minimum absolute atomic E-state index is 0.0407. The molecule has 0 aliphatic rings. The number of esters is 1. The van der Waals surface area contributed by atoms with Crippen molar-refractivity contribution < 1.29 is 23.8 Å². The second-order valence-electron chi connectivity index (χ2n) is 6.49. The Morgan fingerprint density at radius 2 is 2.09 bits per heavy atom. The van der Waals surface area contributed by atoms with Crippen LogP contribution in [-0.4, -0.2) is 33.5 Å². The molecule has 10 nitrogen and oxygen atoms in total. The SMILES string of the molecule is Cc1noc(C)c1CSc1ncccc1C(=O)OCC(=O)Nc1cc([N+](=O)[O-])ccc1Cl. The van der Waals surface area contributed by atoms with Crippen molar-refractivity contribution in [2.75, 3.05) is 11.9 Å². The lowest BCUT2D eigenvalue weighted by atomic mass is 10.2. The maximum absolute atomic E-state index is 12.5. The van der Waals surface area contributed by atoms with E-state index >= 15 is 0 Å². The average molecular weight is 477 g/mol. The number of halogens is 1. The first-order valence-corrected chi connectivity index (χ1v) is 10.5. The molecule has 1 amide bonds. The number of carbonyl (C=O) groups is 2. The van der Waals surface area contributed by atoms with Gasteiger partial charge in [0.1, 0.15) is 10.8 Å². The zero-order valence-electron chi connectivity index (χ0n) is 17.0. The number of nitrogens with zero attached hydrogens (tertiary/aromatic N) is 3. The molecule has 0 fully saturated rings. The third-order valence-corrected chi connectivity index (χ3v) is 5.66. The Morgan fingerprint density at radius 3 is 2.78 bits per heavy atom. The second kappa shape index (κ2) is 10.2. The van der Waals surface area contributed by atoms with E-state index in [9.17, 15) is 19.7 Å². The zero-order valence-corrected chi connectivity index (χ0v) is 18.5. The molecule has 0 bridgehead atoms. The summed E-state index contributed by atoms with van der Waals surface area (Å²) in [6, 6.07) is 6.74. The number of nitro groups is 1. The van der Waals surface area contributed by atoms with Crippen molar-refractivity contribution in [3.05, 3.63) is 74.2 Å². The minimum atomic E-state index is -0.736. The molecular formula is C20H17ClN4O6S. The zero-order chi connectivity index (χ0) is 23.3. The smallest absolute Gasteiger partial charge is 0.341 e. The summed E-state index contributed by atoms with van der Waals surface area (Å²) in [5.74, 6) is -0.259. The van der Waals surface area contributed by atoms with Crippen LogP contribution in [0.25, 0.3) is 0 Å². The van der Waals surface area contributed by atoms with E-state index in [1.807, 2.05) is 6.92 Å². The van der Waals surface area contributed by atoms with Gasteiger partial charge in [0.25, 0.3) is 11.6 Å². The van der Waals surface area contributed by atoms with E-state index in [1.54, 1.807) is 25.3 Å². The largest absolute Gasteiger partial charge is 0.452 e. The number of hydrogen-bond donors (Lipinski definition) is 1. The number of aryl methyl sites for hydroxylation is 2. The number of ether oxygens (including phenoxy) is 1. The molecule has 2 aromatic heterocycles. The van der Waals surface area contributed by atoms with Crippen LogP contribution in [0.4, 0.5) is 11.4 Å². The highest BCUT2D eigenvalue weighted by molar-refractivity contribution is 7.98. The molecular weight excluding hydrogens is 460 g/mol. The summed E-state index contributed by atoms with van der Waals surface area (Å²) in [6.45, 7) is 3.02. The molecule has 0 saturated heterocycles. The lowest BCUT2D eigenvalue weighted by Gasteiger charge is -2.10. The van der Waals surface area contributed by atoms with Crippen molar-refractivity contribution in [3.8, 4) is 0 Å². The van der Waals surface area contributed by atoms with Gasteiger partial charge in [0, 0.05) is 29.6 Å². The van der Waals surface area contributed by atoms with Gasteiger partial charge in [-0.2, -0.15) is 0 Å². The van der Waals surface area contributed by atoms with Crippen LogP contribution in [0.3, 0.4) is 0 Å². The van der Waals surface area contributed by atoms with Gasteiger partial charge >= 0.3 is 5.97 Å². The Labute approximate surface area is 191 Å². The summed E-state index contributed by atoms with van der Waals surface area (Å²) in [6.07, 6.45) is 1.55. The summed E-state index contributed by atoms with van der Waals surface area (Å²) in [4.78, 5) is 39.2. The Balaban J connectivity index is 1.62. The number of nitrogens with one attached hydrogen (secondary N) is 1. The number of hydrogen-bond acceptors (Lipinski definition) is 9. The molecule has 0 radical (unpaired) electrons. The fraction of sp³-hybridized carbons (Fsp3) is 0.200. The molecule has 3 rings (SSSR count). The van der Waals surface area contributed by atoms with Crippen molar-refractivity contribution in [3.63, 3.8) is 0 Å². The predicted octanol–water partition coefficient (Wildman–Crippen LogP) is 4.34. The number of pyridine rings is 1. The minimum Gasteiger partial charge on any atom is -0.452 e. The number of rotatable bonds is 8. The van der Waals surface area contributed by atoms with Crippen molar-refractivity contribution in [1.29, 1.82) is 0 Å². The molecule has 0 aliphatic carbocycles.